The zero-order valence-electron chi connectivity index (χ0n) is 20.5. The Bertz CT molecular complexity index is 1090. The molecule has 0 aliphatic carbocycles. The Morgan fingerprint density at radius 2 is 1.74 bits per heavy atom. The molecule has 0 unspecified atom stereocenters. The number of amides is 3. The summed E-state index contributed by atoms with van der Waals surface area (Å²) in [5.41, 5.74) is 1.96. The highest BCUT2D eigenvalue weighted by molar-refractivity contribution is 5.99. The normalized spacial score (nSPS) is 16.9. The lowest BCUT2D eigenvalue weighted by atomic mass is 9.88. The second kappa shape index (κ2) is 10.8. The van der Waals surface area contributed by atoms with Gasteiger partial charge in [0.15, 0.2) is 11.5 Å². The van der Waals surface area contributed by atoms with Gasteiger partial charge in [0.25, 0.3) is 11.8 Å². The van der Waals surface area contributed by atoms with Gasteiger partial charge in [0.05, 0.1) is 0 Å². The zero-order valence-corrected chi connectivity index (χ0v) is 20.5. The third-order valence-corrected chi connectivity index (χ3v) is 6.88. The van der Waals surface area contributed by atoms with Crippen LogP contribution in [0.5, 0.6) is 11.5 Å². The van der Waals surface area contributed by atoms with E-state index < -0.39 is 6.04 Å². The van der Waals surface area contributed by atoms with E-state index in [4.69, 9.17) is 9.47 Å². The Morgan fingerprint density at radius 3 is 2.46 bits per heavy atom. The molecule has 2 aromatic rings. The number of ether oxygens (including phenoxy) is 2. The minimum absolute atomic E-state index is 0.00744. The summed E-state index contributed by atoms with van der Waals surface area (Å²) in [5, 5.41) is 6.01. The maximum absolute atomic E-state index is 13.2. The van der Waals surface area contributed by atoms with Crippen molar-refractivity contribution in [3.8, 4) is 11.5 Å². The molecule has 1 saturated heterocycles. The van der Waals surface area contributed by atoms with Crippen molar-refractivity contribution in [2.45, 2.75) is 52.1 Å². The second-order valence-electron chi connectivity index (χ2n) is 9.28. The summed E-state index contributed by atoms with van der Waals surface area (Å²) in [6, 6.07) is 11.9. The summed E-state index contributed by atoms with van der Waals surface area (Å²) in [5.74, 6) is 0.624. The van der Waals surface area contributed by atoms with Crippen molar-refractivity contribution < 1.29 is 23.9 Å². The number of benzene rings is 2. The highest BCUT2D eigenvalue weighted by Gasteiger charge is 2.35. The number of likely N-dealkylation sites (tertiary alicyclic amines) is 1. The fraction of sp³-hybridized carbons (Fsp3) is 0.444. The monoisotopic (exact) mass is 479 g/mol. The Hall–Kier alpha value is -3.55. The van der Waals surface area contributed by atoms with Gasteiger partial charge in [0.1, 0.15) is 6.04 Å². The summed E-state index contributed by atoms with van der Waals surface area (Å²) >= 11 is 0. The Balaban J connectivity index is 1.44. The van der Waals surface area contributed by atoms with Crippen LogP contribution in [0, 0.1) is 12.8 Å². The van der Waals surface area contributed by atoms with Crippen molar-refractivity contribution in [1.29, 1.82) is 0 Å². The molecule has 2 N–H and O–H groups in total. The van der Waals surface area contributed by atoms with Crippen molar-refractivity contribution in [2.75, 3.05) is 19.9 Å². The summed E-state index contributed by atoms with van der Waals surface area (Å²) in [7, 11) is 0. The third kappa shape index (κ3) is 5.58. The number of nitrogens with one attached hydrogen (secondary N) is 2. The van der Waals surface area contributed by atoms with E-state index in [0.29, 0.717) is 48.6 Å². The van der Waals surface area contributed by atoms with Crippen LogP contribution < -0.4 is 20.1 Å². The highest BCUT2D eigenvalue weighted by Crippen LogP contribution is 2.33. The quantitative estimate of drug-likeness (QED) is 0.635. The molecule has 35 heavy (non-hydrogen) atoms. The van der Waals surface area contributed by atoms with Gasteiger partial charge in [-0.3, -0.25) is 14.4 Å². The van der Waals surface area contributed by atoms with Crippen molar-refractivity contribution in [2.24, 2.45) is 5.92 Å². The summed E-state index contributed by atoms with van der Waals surface area (Å²) in [6.07, 6.45) is 2.03. The third-order valence-electron chi connectivity index (χ3n) is 6.88. The molecule has 1 fully saturated rings. The van der Waals surface area contributed by atoms with Crippen LogP contribution in [-0.2, 0) is 4.79 Å². The molecule has 186 valence electrons. The van der Waals surface area contributed by atoms with Crippen molar-refractivity contribution >= 4 is 17.7 Å². The van der Waals surface area contributed by atoms with Crippen molar-refractivity contribution in [3.05, 3.63) is 59.2 Å². The standard InChI is InChI=1S/C27H33N3O5/c1-4-18(3)28-26(32)24(29-25(31)21-8-6-5-7-17(21)2)19-11-13-30(14-12-19)27(33)20-9-10-22-23(15-20)35-16-34-22/h5-10,15,18-19,24H,4,11-14,16H2,1-3H3,(H,28,32)(H,29,31)/t18-,24+/m1/s1. The van der Waals surface area contributed by atoms with Gasteiger partial charge < -0.3 is 25.0 Å². The molecule has 0 radical (unpaired) electrons. The molecule has 0 aromatic heterocycles. The van der Waals surface area contributed by atoms with Crippen LogP contribution in [0.15, 0.2) is 42.5 Å². The van der Waals surface area contributed by atoms with E-state index in [1.807, 2.05) is 39.0 Å². The predicted octanol–water partition coefficient (Wildman–Crippen LogP) is 3.29. The van der Waals surface area contributed by atoms with Crippen LogP contribution >= 0.6 is 0 Å². The van der Waals surface area contributed by atoms with E-state index >= 15 is 0 Å². The molecule has 4 rings (SSSR count). The lowest BCUT2D eigenvalue weighted by molar-refractivity contribution is -0.125. The van der Waals surface area contributed by atoms with Crippen LogP contribution in [0.25, 0.3) is 0 Å². The van der Waals surface area contributed by atoms with E-state index in [1.165, 1.54) is 0 Å². The van der Waals surface area contributed by atoms with Crippen LogP contribution in [-0.4, -0.2) is 54.6 Å². The topological polar surface area (TPSA) is 97.0 Å². The number of aryl methyl sites for hydroxylation is 1. The Morgan fingerprint density at radius 1 is 1.03 bits per heavy atom. The first-order chi connectivity index (χ1) is 16.9. The zero-order chi connectivity index (χ0) is 24.9. The summed E-state index contributed by atoms with van der Waals surface area (Å²) < 4.78 is 10.7. The van der Waals surface area contributed by atoms with Crippen LogP contribution in [0.1, 0.15) is 59.4 Å². The van der Waals surface area contributed by atoms with E-state index in [2.05, 4.69) is 10.6 Å². The average Bonchev–Trinajstić information content (AvgIpc) is 3.35. The molecule has 2 atom stereocenters. The molecule has 8 nitrogen and oxygen atoms in total. The molecule has 0 bridgehead atoms. The second-order valence-corrected chi connectivity index (χ2v) is 9.28. The van der Waals surface area contributed by atoms with Gasteiger partial charge in [0, 0.05) is 30.3 Å². The van der Waals surface area contributed by atoms with Gasteiger partial charge in [-0.25, -0.2) is 0 Å². The molecule has 0 spiro atoms. The largest absolute Gasteiger partial charge is 0.454 e. The number of hydrogen-bond acceptors (Lipinski definition) is 5. The lowest BCUT2D eigenvalue weighted by Gasteiger charge is -2.36. The van der Waals surface area contributed by atoms with E-state index in [1.54, 1.807) is 29.2 Å². The maximum atomic E-state index is 13.2. The number of carbonyl (C=O) groups is 3. The molecular weight excluding hydrogens is 446 g/mol. The molecule has 8 heteroatoms. The number of hydrogen-bond donors (Lipinski definition) is 2. The fourth-order valence-corrected chi connectivity index (χ4v) is 4.53. The number of nitrogens with zero attached hydrogens (tertiary/aromatic N) is 1. The molecule has 2 aromatic carbocycles. The minimum atomic E-state index is -0.668. The predicted molar refractivity (Wildman–Crippen MR) is 132 cm³/mol. The molecule has 2 aliphatic heterocycles. The number of piperidine rings is 1. The lowest BCUT2D eigenvalue weighted by Crippen LogP contribution is -2.55. The first-order valence-electron chi connectivity index (χ1n) is 12.2. The number of carbonyl (C=O) groups excluding carboxylic acids is 3. The SMILES string of the molecule is CC[C@@H](C)NC(=O)[C@@H](NC(=O)c1ccccc1C)C1CCN(C(=O)c2ccc3c(c2)OCO3)CC1. The summed E-state index contributed by atoms with van der Waals surface area (Å²) in [4.78, 5) is 41.1. The first-order valence-corrected chi connectivity index (χ1v) is 12.2. The Kier molecular flexibility index (Phi) is 7.58. The van der Waals surface area contributed by atoms with E-state index in [-0.39, 0.29) is 36.5 Å². The average molecular weight is 480 g/mol. The van der Waals surface area contributed by atoms with Gasteiger partial charge >= 0.3 is 0 Å². The summed E-state index contributed by atoms with van der Waals surface area (Å²) in [6.45, 7) is 7.00. The smallest absolute Gasteiger partial charge is 0.253 e. The molecular formula is C27H33N3O5. The highest BCUT2D eigenvalue weighted by atomic mass is 16.7. The van der Waals surface area contributed by atoms with Crippen LogP contribution in [0.2, 0.25) is 0 Å². The molecule has 3 amide bonds. The van der Waals surface area contributed by atoms with Gasteiger partial charge in [-0.05, 0) is 68.9 Å². The van der Waals surface area contributed by atoms with E-state index in [0.717, 1.165) is 12.0 Å². The Labute approximate surface area is 206 Å². The van der Waals surface area contributed by atoms with Gasteiger partial charge in [-0.15, -0.1) is 0 Å². The van der Waals surface area contributed by atoms with E-state index in [9.17, 15) is 14.4 Å². The van der Waals surface area contributed by atoms with Crippen molar-refractivity contribution in [3.63, 3.8) is 0 Å². The number of fused-ring (bicyclic) bond motifs is 1. The van der Waals surface area contributed by atoms with Crippen molar-refractivity contribution in [1.82, 2.24) is 15.5 Å². The number of rotatable bonds is 7. The van der Waals surface area contributed by atoms with Gasteiger partial charge in [0.2, 0.25) is 12.7 Å². The van der Waals surface area contributed by atoms with Gasteiger partial charge in [-0.2, -0.15) is 0 Å². The minimum Gasteiger partial charge on any atom is -0.454 e. The molecule has 2 heterocycles. The fourth-order valence-electron chi connectivity index (χ4n) is 4.53. The first kappa shape index (κ1) is 24.6. The van der Waals surface area contributed by atoms with Crippen LogP contribution in [0.4, 0.5) is 0 Å². The molecule has 0 saturated carbocycles. The molecule has 2 aliphatic rings. The van der Waals surface area contributed by atoms with Gasteiger partial charge in [-0.1, -0.05) is 25.1 Å². The maximum Gasteiger partial charge on any atom is 0.253 e. The van der Waals surface area contributed by atoms with Crippen LogP contribution in [0.3, 0.4) is 0 Å².